The largest absolute Gasteiger partial charge is 0.291 e. The molecule has 0 aliphatic rings. The molecule has 2 atom stereocenters. The molecule has 0 bridgehead atoms. The van der Waals surface area contributed by atoms with Crippen LogP contribution in [0.5, 0.6) is 0 Å². The standard InChI is InChI=1S/C26H38N2/c1-18(2)15-22-7-11-24(12-8-22)20(5)17-28-26(27)21(6)25-13-9-23(10-14-25)16-19(3)4/h7-14,18-21H,15-17H2,1-6H3,(H2,27,28)/p+1/t20-,21+/m1/s1. The zero-order chi connectivity index (χ0) is 20.7. The van der Waals surface area contributed by atoms with Crippen LogP contribution >= 0.6 is 0 Å². The Bertz CT molecular complexity index is 739. The lowest BCUT2D eigenvalue weighted by molar-refractivity contribution is -0.463. The van der Waals surface area contributed by atoms with E-state index in [1.807, 2.05) is 0 Å². The van der Waals surface area contributed by atoms with Gasteiger partial charge < -0.3 is 0 Å². The first-order valence-corrected chi connectivity index (χ1v) is 10.8. The molecule has 2 nitrogen and oxygen atoms in total. The van der Waals surface area contributed by atoms with Gasteiger partial charge in [-0.3, -0.25) is 10.7 Å². The Morgan fingerprint density at radius 3 is 1.57 bits per heavy atom. The molecule has 0 amide bonds. The van der Waals surface area contributed by atoms with Gasteiger partial charge in [0.2, 0.25) is 5.84 Å². The number of rotatable bonds is 9. The van der Waals surface area contributed by atoms with Crippen molar-refractivity contribution in [3.05, 3.63) is 70.8 Å². The van der Waals surface area contributed by atoms with Crippen molar-refractivity contribution in [3.8, 4) is 0 Å². The van der Waals surface area contributed by atoms with Crippen molar-refractivity contribution in [2.75, 3.05) is 6.54 Å². The van der Waals surface area contributed by atoms with Gasteiger partial charge in [-0.2, -0.15) is 0 Å². The summed E-state index contributed by atoms with van der Waals surface area (Å²) < 4.78 is 0. The molecule has 0 saturated carbocycles. The van der Waals surface area contributed by atoms with Gasteiger partial charge in [-0.05, 0) is 53.9 Å². The molecular weight excluding hydrogens is 340 g/mol. The molecule has 0 aliphatic carbocycles. The Hall–Kier alpha value is -2.09. The molecule has 2 heteroatoms. The highest BCUT2D eigenvalue weighted by atomic mass is 14.9. The topological polar surface area (TPSA) is 40.0 Å². The summed E-state index contributed by atoms with van der Waals surface area (Å²) in [4.78, 5) is 3.47. The summed E-state index contributed by atoms with van der Waals surface area (Å²) in [5.74, 6) is 2.85. The number of nitrogens with two attached hydrogens (primary N) is 1. The Kier molecular flexibility index (Phi) is 8.29. The second-order valence-corrected chi connectivity index (χ2v) is 9.14. The van der Waals surface area contributed by atoms with E-state index in [2.05, 4.69) is 95.1 Å². The van der Waals surface area contributed by atoms with Crippen molar-refractivity contribution in [2.24, 2.45) is 17.6 Å². The molecule has 0 aromatic heterocycles. The highest BCUT2D eigenvalue weighted by Crippen LogP contribution is 2.18. The highest BCUT2D eigenvalue weighted by Gasteiger charge is 2.16. The summed E-state index contributed by atoms with van der Waals surface area (Å²) >= 11 is 0. The van der Waals surface area contributed by atoms with E-state index in [0.29, 0.717) is 17.8 Å². The zero-order valence-electron chi connectivity index (χ0n) is 18.6. The van der Waals surface area contributed by atoms with Gasteiger partial charge in [-0.25, -0.2) is 0 Å². The minimum Gasteiger partial charge on any atom is -0.291 e. The minimum atomic E-state index is 0.203. The molecule has 152 valence electrons. The normalized spacial score (nSPS) is 14.5. The first kappa shape index (κ1) is 22.2. The Balaban J connectivity index is 1.96. The van der Waals surface area contributed by atoms with Crippen molar-refractivity contribution in [3.63, 3.8) is 0 Å². The first-order chi connectivity index (χ1) is 13.3. The third kappa shape index (κ3) is 6.82. The Morgan fingerprint density at radius 1 is 0.714 bits per heavy atom. The van der Waals surface area contributed by atoms with Gasteiger partial charge in [-0.15, -0.1) is 0 Å². The van der Waals surface area contributed by atoms with Crippen LogP contribution in [0.1, 0.15) is 75.6 Å². The van der Waals surface area contributed by atoms with E-state index in [4.69, 9.17) is 5.73 Å². The summed E-state index contributed by atoms with van der Waals surface area (Å²) in [6, 6.07) is 18.0. The molecule has 2 aromatic carbocycles. The van der Waals surface area contributed by atoms with Crippen molar-refractivity contribution in [1.29, 1.82) is 0 Å². The van der Waals surface area contributed by atoms with Crippen molar-refractivity contribution in [2.45, 2.75) is 66.2 Å². The maximum atomic E-state index is 6.38. The molecule has 0 radical (unpaired) electrons. The van der Waals surface area contributed by atoms with Gasteiger partial charge in [0.25, 0.3) is 0 Å². The molecule has 2 rings (SSSR count). The lowest BCUT2D eigenvalue weighted by atomic mass is 9.95. The Labute approximate surface area is 172 Å². The molecule has 0 saturated heterocycles. The van der Waals surface area contributed by atoms with Gasteiger partial charge >= 0.3 is 0 Å². The number of nitrogens with one attached hydrogen (secondary N) is 1. The van der Waals surface area contributed by atoms with Crippen LogP contribution in [0.2, 0.25) is 0 Å². The van der Waals surface area contributed by atoms with Gasteiger partial charge in [-0.1, -0.05) is 83.1 Å². The van der Waals surface area contributed by atoms with Crippen LogP contribution in [0.25, 0.3) is 0 Å². The van der Waals surface area contributed by atoms with Crippen LogP contribution in [0.15, 0.2) is 48.5 Å². The predicted molar refractivity (Wildman–Crippen MR) is 122 cm³/mol. The van der Waals surface area contributed by atoms with E-state index in [1.54, 1.807) is 0 Å². The fourth-order valence-electron chi connectivity index (χ4n) is 3.59. The summed E-state index contributed by atoms with van der Waals surface area (Å²) in [6.45, 7) is 14.3. The number of hydrogen-bond donors (Lipinski definition) is 2. The molecule has 3 N–H and O–H groups in total. The van der Waals surface area contributed by atoms with Crippen LogP contribution in [0, 0.1) is 11.8 Å². The molecule has 0 spiro atoms. The van der Waals surface area contributed by atoms with Crippen molar-refractivity contribution < 1.29 is 4.99 Å². The highest BCUT2D eigenvalue weighted by molar-refractivity contribution is 5.81. The monoisotopic (exact) mass is 379 g/mol. The third-order valence-corrected chi connectivity index (χ3v) is 5.40. The first-order valence-electron chi connectivity index (χ1n) is 10.8. The van der Waals surface area contributed by atoms with E-state index in [1.165, 1.54) is 22.3 Å². The number of hydrogen-bond acceptors (Lipinski definition) is 0. The van der Waals surface area contributed by atoms with E-state index in [-0.39, 0.29) is 5.92 Å². The van der Waals surface area contributed by atoms with Crippen LogP contribution < -0.4 is 10.7 Å². The summed E-state index contributed by atoms with van der Waals surface area (Å²) in [6.07, 6.45) is 2.26. The number of amidine groups is 1. The van der Waals surface area contributed by atoms with Gasteiger partial charge in [0.15, 0.2) is 0 Å². The Morgan fingerprint density at radius 2 is 1.14 bits per heavy atom. The third-order valence-electron chi connectivity index (χ3n) is 5.40. The lowest BCUT2D eigenvalue weighted by Crippen LogP contribution is -2.77. The van der Waals surface area contributed by atoms with Crippen LogP contribution in [0.4, 0.5) is 0 Å². The van der Waals surface area contributed by atoms with Crippen molar-refractivity contribution >= 4 is 5.84 Å². The average Bonchev–Trinajstić information content (AvgIpc) is 2.65. The number of benzene rings is 2. The molecule has 2 aromatic rings. The van der Waals surface area contributed by atoms with E-state index >= 15 is 0 Å². The molecule has 0 fully saturated rings. The molecule has 0 unspecified atom stereocenters. The van der Waals surface area contributed by atoms with E-state index in [0.717, 1.165) is 25.2 Å². The summed E-state index contributed by atoms with van der Waals surface area (Å²) in [7, 11) is 0. The minimum absolute atomic E-state index is 0.203. The van der Waals surface area contributed by atoms with Crippen LogP contribution in [-0.4, -0.2) is 12.4 Å². The second kappa shape index (κ2) is 10.5. The van der Waals surface area contributed by atoms with Crippen LogP contribution in [-0.2, 0) is 12.8 Å². The summed E-state index contributed by atoms with van der Waals surface area (Å²) in [5.41, 5.74) is 11.8. The average molecular weight is 380 g/mol. The molecule has 28 heavy (non-hydrogen) atoms. The maximum Gasteiger partial charge on any atom is 0.247 e. The predicted octanol–water partition coefficient (Wildman–Crippen LogP) is 4.43. The molecule has 0 aliphatic heterocycles. The second-order valence-electron chi connectivity index (χ2n) is 9.14. The maximum absolute atomic E-state index is 6.38. The molecule has 0 heterocycles. The van der Waals surface area contributed by atoms with E-state index < -0.39 is 0 Å². The lowest BCUT2D eigenvalue weighted by Gasteiger charge is -2.12. The summed E-state index contributed by atoms with van der Waals surface area (Å²) in [5, 5.41) is 0. The quantitative estimate of drug-likeness (QED) is 0.491. The van der Waals surface area contributed by atoms with Gasteiger partial charge in [0.1, 0.15) is 0 Å². The fraction of sp³-hybridized carbons (Fsp3) is 0.500. The van der Waals surface area contributed by atoms with E-state index in [9.17, 15) is 0 Å². The molecular formula is C26H39N2+. The smallest absolute Gasteiger partial charge is 0.247 e. The van der Waals surface area contributed by atoms with Crippen molar-refractivity contribution in [1.82, 2.24) is 0 Å². The fourth-order valence-corrected chi connectivity index (χ4v) is 3.59. The van der Waals surface area contributed by atoms with Crippen LogP contribution in [0.3, 0.4) is 0 Å². The zero-order valence-corrected chi connectivity index (χ0v) is 18.6. The van der Waals surface area contributed by atoms with Gasteiger partial charge in [0.05, 0.1) is 12.5 Å². The SMILES string of the molecule is CC(C)Cc1ccc([C@H](C)C[NH+]=C(N)[C@@H](C)c2ccc(CC(C)C)cc2)cc1. The van der Waals surface area contributed by atoms with Gasteiger partial charge in [0, 0.05) is 5.92 Å².